The van der Waals surface area contributed by atoms with Gasteiger partial charge in [0.1, 0.15) is 11.4 Å². The summed E-state index contributed by atoms with van der Waals surface area (Å²) in [4.78, 5) is 25.4. The minimum Gasteiger partial charge on any atom is -0.493 e. The Morgan fingerprint density at radius 3 is 2.74 bits per heavy atom. The highest BCUT2D eigenvalue weighted by Crippen LogP contribution is 2.26. The van der Waals surface area contributed by atoms with Crippen molar-refractivity contribution in [2.45, 2.75) is 19.8 Å². The average Bonchev–Trinajstić information content (AvgIpc) is 3.21. The summed E-state index contributed by atoms with van der Waals surface area (Å²) in [5, 5.41) is 2.80. The molecular weight excluding hydrogens is 342 g/mol. The number of aromatic nitrogens is 2. The molecule has 3 aromatic rings. The van der Waals surface area contributed by atoms with Crippen LogP contribution >= 0.6 is 0 Å². The fraction of sp³-hybridized carbons (Fsp3) is 0.238. The number of amides is 1. The average molecular weight is 363 g/mol. The van der Waals surface area contributed by atoms with Crippen LogP contribution in [0.5, 0.6) is 5.75 Å². The fourth-order valence-corrected chi connectivity index (χ4v) is 3.43. The predicted octanol–water partition coefficient (Wildman–Crippen LogP) is 2.60. The molecule has 0 saturated heterocycles. The summed E-state index contributed by atoms with van der Waals surface area (Å²) in [6, 6.07) is 15.2. The highest BCUT2D eigenvalue weighted by molar-refractivity contribution is 5.92. The molecule has 1 aromatic heterocycles. The van der Waals surface area contributed by atoms with Gasteiger partial charge in [-0.15, -0.1) is 0 Å². The first kappa shape index (κ1) is 17.1. The van der Waals surface area contributed by atoms with Gasteiger partial charge in [-0.2, -0.15) is 0 Å². The van der Waals surface area contributed by atoms with Gasteiger partial charge in [0.25, 0.3) is 5.56 Å². The van der Waals surface area contributed by atoms with Gasteiger partial charge in [-0.05, 0) is 36.2 Å². The van der Waals surface area contributed by atoms with Gasteiger partial charge in [-0.3, -0.25) is 14.3 Å². The molecule has 0 atom stereocenters. The van der Waals surface area contributed by atoms with E-state index in [0.29, 0.717) is 18.0 Å². The number of nitrogens with zero attached hydrogens (tertiary/aromatic N) is 2. The second-order valence-corrected chi connectivity index (χ2v) is 6.70. The fourth-order valence-electron chi connectivity index (χ4n) is 3.43. The van der Waals surface area contributed by atoms with Crippen LogP contribution in [0.1, 0.15) is 16.8 Å². The lowest BCUT2D eigenvalue weighted by atomic mass is 10.1. The van der Waals surface area contributed by atoms with Gasteiger partial charge in [0.2, 0.25) is 5.91 Å². The lowest BCUT2D eigenvalue weighted by Crippen LogP contribution is -2.23. The molecule has 0 radical (unpaired) electrons. The smallest absolute Gasteiger partial charge is 0.295 e. The largest absolute Gasteiger partial charge is 0.493 e. The van der Waals surface area contributed by atoms with Crippen molar-refractivity contribution in [2.24, 2.45) is 7.05 Å². The molecule has 138 valence electrons. The van der Waals surface area contributed by atoms with Gasteiger partial charge >= 0.3 is 0 Å². The van der Waals surface area contributed by atoms with E-state index in [4.69, 9.17) is 4.74 Å². The Bertz CT molecular complexity index is 1060. The van der Waals surface area contributed by atoms with Crippen LogP contribution in [0.25, 0.3) is 5.69 Å². The SMILES string of the molecule is Cc1c(NC(=O)Cc2ccc3c(c2)CCO3)c(=O)n(-c2ccccc2)n1C. The van der Waals surface area contributed by atoms with Crippen LogP contribution in [0.15, 0.2) is 53.3 Å². The monoisotopic (exact) mass is 363 g/mol. The van der Waals surface area contributed by atoms with Crippen LogP contribution in [0.2, 0.25) is 0 Å². The Morgan fingerprint density at radius 1 is 1.19 bits per heavy atom. The van der Waals surface area contributed by atoms with Crippen molar-refractivity contribution < 1.29 is 9.53 Å². The molecule has 6 heteroatoms. The third-order valence-electron chi connectivity index (χ3n) is 4.94. The summed E-state index contributed by atoms with van der Waals surface area (Å²) in [7, 11) is 1.81. The number of anilines is 1. The topological polar surface area (TPSA) is 65.3 Å². The molecule has 6 nitrogen and oxygen atoms in total. The second-order valence-electron chi connectivity index (χ2n) is 6.70. The number of rotatable bonds is 4. The standard InChI is InChI=1S/C21H21N3O3/c1-14-20(21(26)24(23(14)2)17-6-4-3-5-7-17)22-19(25)13-15-8-9-18-16(12-15)10-11-27-18/h3-9,12H,10-11,13H2,1-2H3,(H,22,25). The number of para-hydroxylation sites is 1. The van der Waals surface area contributed by atoms with E-state index in [2.05, 4.69) is 5.32 Å². The Hall–Kier alpha value is -3.28. The van der Waals surface area contributed by atoms with Crippen molar-refractivity contribution in [3.63, 3.8) is 0 Å². The van der Waals surface area contributed by atoms with Gasteiger partial charge < -0.3 is 10.1 Å². The molecule has 0 fully saturated rings. The number of carbonyl (C=O) groups excluding carboxylic acids is 1. The molecule has 2 heterocycles. The van der Waals surface area contributed by atoms with E-state index < -0.39 is 0 Å². The zero-order chi connectivity index (χ0) is 19.0. The second kappa shape index (κ2) is 6.79. The maximum Gasteiger partial charge on any atom is 0.295 e. The van der Waals surface area contributed by atoms with E-state index in [1.54, 1.807) is 16.4 Å². The summed E-state index contributed by atoms with van der Waals surface area (Å²) >= 11 is 0. The molecule has 2 aromatic carbocycles. The molecule has 27 heavy (non-hydrogen) atoms. The van der Waals surface area contributed by atoms with Gasteiger partial charge in [0.05, 0.1) is 24.4 Å². The van der Waals surface area contributed by atoms with Crippen molar-refractivity contribution in [3.05, 3.63) is 75.7 Å². The Labute approximate surface area is 157 Å². The molecule has 4 rings (SSSR count). The van der Waals surface area contributed by atoms with Gasteiger partial charge in [-0.25, -0.2) is 4.68 Å². The first-order chi connectivity index (χ1) is 13.0. The van der Waals surface area contributed by atoms with Crippen LogP contribution in [0.3, 0.4) is 0 Å². The Balaban J connectivity index is 1.58. The van der Waals surface area contributed by atoms with Crippen LogP contribution in [-0.2, 0) is 24.7 Å². The third kappa shape index (κ3) is 3.14. The molecule has 0 aliphatic carbocycles. The van der Waals surface area contributed by atoms with E-state index in [1.165, 1.54) is 0 Å². The summed E-state index contributed by atoms with van der Waals surface area (Å²) in [6.45, 7) is 2.51. The summed E-state index contributed by atoms with van der Waals surface area (Å²) in [6.07, 6.45) is 1.08. The summed E-state index contributed by atoms with van der Waals surface area (Å²) in [5.41, 5.74) is 3.58. The molecule has 1 aliphatic rings. The van der Waals surface area contributed by atoms with Gasteiger partial charge in [0.15, 0.2) is 0 Å². The van der Waals surface area contributed by atoms with Crippen LogP contribution in [0, 0.1) is 6.92 Å². The number of fused-ring (bicyclic) bond motifs is 1. The van der Waals surface area contributed by atoms with E-state index in [-0.39, 0.29) is 17.9 Å². The summed E-state index contributed by atoms with van der Waals surface area (Å²) in [5.74, 6) is 0.684. The molecular formula is C21H21N3O3. The van der Waals surface area contributed by atoms with Crippen molar-refractivity contribution >= 4 is 11.6 Å². The zero-order valence-electron chi connectivity index (χ0n) is 15.4. The number of benzene rings is 2. The minimum atomic E-state index is -0.239. The lowest BCUT2D eigenvalue weighted by molar-refractivity contribution is -0.115. The quantitative estimate of drug-likeness (QED) is 0.775. The molecule has 1 aliphatic heterocycles. The van der Waals surface area contributed by atoms with Crippen molar-refractivity contribution in [3.8, 4) is 11.4 Å². The Morgan fingerprint density at radius 2 is 1.96 bits per heavy atom. The molecule has 1 amide bonds. The predicted molar refractivity (Wildman–Crippen MR) is 104 cm³/mol. The maximum atomic E-state index is 12.9. The highest BCUT2D eigenvalue weighted by Gasteiger charge is 2.19. The van der Waals surface area contributed by atoms with Crippen LogP contribution in [-0.4, -0.2) is 21.9 Å². The third-order valence-corrected chi connectivity index (χ3v) is 4.94. The van der Waals surface area contributed by atoms with Crippen LogP contribution < -0.4 is 15.6 Å². The van der Waals surface area contributed by atoms with Gasteiger partial charge in [-0.1, -0.05) is 30.3 Å². The molecule has 0 saturated carbocycles. The highest BCUT2D eigenvalue weighted by atomic mass is 16.5. The summed E-state index contributed by atoms with van der Waals surface area (Å²) < 4.78 is 8.80. The van der Waals surface area contributed by atoms with Crippen molar-refractivity contribution in [1.82, 2.24) is 9.36 Å². The van der Waals surface area contributed by atoms with E-state index in [9.17, 15) is 9.59 Å². The van der Waals surface area contributed by atoms with E-state index >= 15 is 0 Å². The normalized spacial score (nSPS) is 12.5. The number of carbonyl (C=O) groups is 1. The van der Waals surface area contributed by atoms with Gasteiger partial charge in [0, 0.05) is 13.5 Å². The number of ether oxygens (including phenoxy) is 1. The number of nitrogens with one attached hydrogen (secondary N) is 1. The first-order valence-electron chi connectivity index (χ1n) is 8.93. The molecule has 1 N–H and O–H groups in total. The van der Waals surface area contributed by atoms with E-state index in [1.807, 2.05) is 55.5 Å². The van der Waals surface area contributed by atoms with Crippen LogP contribution in [0.4, 0.5) is 5.69 Å². The van der Waals surface area contributed by atoms with Crippen molar-refractivity contribution in [2.75, 3.05) is 11.9 Å². The zero-order valence-corrected chi connectivity index (χ0v) is 15.4. The molecule has 0 unspecified atom stereocenters. The number of hydrogen-bond acceptors (Lipinski definition) is 3. The first-order valence-corrected chi connectivity index (χ1v) is 8.93. The number of hydrogen-bond donors (Lipinski definition) is 1. The molecule has 0 spiro atoms. The van der Waals surface area contributed by atoms with E-state index in [0.717, 1.165) is 29.0 Å². The Kier molecular flexibility index (Phi) is 4.32. The minimum absolute atomic E-state index is 0.208. The van der Waals surface area contributed by atoms with Crippen molar-refractivity contribution in [1.29, 1.82) is 0 Å². The molecule has 0 bridgehead atoms. The maximum absolute atomic E-state index is 12.9. The lowest BCUT2D eigenvalue weighted by Gasteiger charge is -2.07.